The van der Waals surface area contributed by atoms with Crippen LogP contribution in [0.5, 0.6) is 0 Å². The molecule has 140 valence electrons. The number of rotatable bonds is 4. The van der Waals surface area contributed by atoms with E-state index in [0.29, 0.717) is 22.5 Å². The second-order valence-electron chi connectivity index (χ2n) is 6.46. The van der Waals surface area contributed by atoms with Gasteiger partial charge in [0.1, 0.15) is 6.54 Å². The topological polar surface area (TPSA) is 96.7 Å². The molecular formula is C19H15N5O3S. The van der Waals surface area contributed by atoms with Gasteiger partial charge < -0.3 is 5.32 Å². The summed E-state index contributed by atoms with van der Waals surface area (Å²) in [4.78, 5) is 12.7. The molecule has 0 spiro atoms. The Morgan fingerprint density at radius 3 is 2.68 bits per heavy atom. The summed E-state index contributed by atoms with van der Waals surface area (Å²) in [6, 6.07) is 16.0. The van der Waals surface area contributed by atoms with Crippen LogP contribution in [0.4, 0.5) is 5.69 Å². The lowest BCUT2D eigenvalue weighted by atomic mass is 10.1. The highest BCUT2D eigenvalue weighted by atomic mass is 32.2. The molecule has 0 fully saturated rings. The van der Waals surface area contributed by atoms with E-state index in [2.05, 4.69) is 15.5 Å². The van der Waals surface area contributed by atoms with E-state index in [1.165, 1.54) is 0 Å². The Morgan fingerprint density at radius 2 is 1.82 bits per heavy atom. The minimum atomic E-state index is -3.76. The van der Waals surface area contributed by atoms with Crippen LogP contribution in [0.1, 0.15) is 5.82 Å². The molecule has 3 heterocycles. The SMILES string of the molecule is O=C(CN1c2cccc3cccc(c23)S1(=O)=O)NCc1nnc2ccccn12. The Morgan fingerprint density at radius 1 is 1.00 bits per heavy atom. The van der Waals surface area contributed by atoms with Crippen LogP contribution < -0.4 is 9.62 Å². The van der Waals surface area contributed by atoms with E-state index in [1.54, 1.807) is 34.9 Å². The molecule has 1 aliphatic heterocycles. The number of nitrogens with one attached hydrogen (secondary N) is 1. The maximum absolute atomic E-state index is 12.9. The summed E-state index contributed by atoms with van der Waals surface area (Å²) in [7, 11) is -3.76. The number of carbonyl (C=O) groups is 1. The van der Waals surface area contributed by atoms with Crippen molar-refractivity contribution in [2.75, 3.05) is 10.8 Å². The van der Waals surface area contributed by atoms with E-state index in [9.17, 15) is 13.2 Å². The van der Waals surface area contributed by atoms with Crippen molar-refractivity contribution in [2.45, 2.75) is 11.4 Å². The average Bonchev–Trinajstić information content (AvgIpc) is 3.21. The molecule has 0 atom stereocenters. The van der Waals surface area contributed by atoms with Crippen molar-refractivity contribution in [1.82, 2.24) is 19.9 Å². The molecule has 0 bridgehead atoms. The van der Waals surface area contributed by atoms with Gasteiger partial charge in [0.2, 0.25) is 5.91 Å². The van der Waals surface area contributed by atoms with Crippen LogP contribution in [0, 0.1) is 0 Å². The van der Waals surface area contributed by atoms with Crippen LogP contribution in [0.3, 0.4) is 0 Å². The fourth-order valence-corrected chi connectivity index (χ4v) is 5.17. The van der Waals surface area contributed by atoms with Gasteiger partial charge in [-0.3, -0.25) is 13.5 Å². The van der Waals surface area contributed by atoms with E-state index in [4.69, 9.17) is 0 Å². The highest BCUT2D eigenvalue weighted by molar-refractivity contribution is 7.93. The minimum Gasteiger partial charge on any atom is -0.347 e. The Bertz CT molecular complexity index is 1340. The quantitative estimate of drug-likeness (QED) is 0.569. The molecule has 0 radical (unpaired) electrons. The second kappa shape index (κ2) is 6.03. The summed E-state index contributed by atoms with van der Waals surface area (Å²) in [6.07, 6.45) is 1.80. The molecular weight excluding hydrogens is 378 g/mol. The molecule has 2 aromatic heterocycles. The third-order valence-corrected chi connectivity index (χ3v) is 6.60. The summed E-state index contributed by atoms with van der Waals surface area (Å²) in [5.74, 6) is 0.152. The lowest BCUT2D eigenvalue weighted by Crippen LogP contribution is -2.39. The summed E-state index contributed by atoms with van der Waals surface area (Å²) in [6.45, 7) is -0.151. The van der Waals surface area contributed by atoms with Crippen molar-refractivity contribution in [3.05, 3.63) is 66.6 Å². The number of anilines is 1. The molecule has 1 amide bonds. The zero-order valence-electron chi connectivity index (χ0n) is 14.6. The van der Waals surface area contributed by atoms with Gasteiger partial charge in [0, 0.05) is 11.6 Å². The normalized spacial score (nSPS) is 14.6. The molecule has 9 heteroatoms. The number of pyridine rings is 1. The second-order valence-corrected chi connectivity index (χ2v) is 8.30. The molecule has 1 N–H and O–H groups in total. The molecule has 0 saturated heterocycles. The van der Waals surface area contributed by atoms with E-state index in [1.807, 2.05) is 30.3 Å². The van der Waals surface area contributed by atoms with Gasteiger partial charge in [-0.2, -0.15) is 0 Å². The average molecular weight is 393 g/mol. The van der Waals surface area contributed by atoms with Crippen molar-refractivity contribution in [2.24, 2.45) is 0 Å². The van der Waals surface area contributed by atoms with Gasteiger partial charge in [-0.1, -0.05) is 30.3 Å². The minimum absolute atomic E-state index is 0.148. The lowest BCUT2D eigenvalue weighted by molar-refractivity contribution is -0.119. The first kappa shape index (κ1) is 16.7. The Balaban J connectivity index is 1.39. The van der Waals surface area contributed by atoms with E-state index in [-0.39, 0.29) is 18.0 Å². The van der Waals surface area contributed by atoms with Crippen molar-refractivity contribution in [3.8, 4) is 0 Å². The van der Waals surface area contributed by atoms with Crippen molar-refractivity contribution < 1.29 is 13.2 Å². The number of hydrogen-bond acceptors (Lipinski definition) is 5. The monoisotopic (exact) mass is 393 g/mol. The zero-order chi connectivity index (χ0) is 19.3. The van der Waals surface area contributed by atoms with E-state index >= 15 is 0 Å². The van der Waals surface area contributed by atoms with E-state index < -0.39 is 15.9 Å². The highest BCUT2D eigenvalue weighted by Crippen LogP contribution is 2.41. The predicted octanol–water partition coefficient (Wildman–Crippen LogP) is 1.71. The van der Waals surface area contributed by atoms with Crippen LogP contribution in [-0.2, 0) is 21.4 Å². The third kappa shape index (κ3) is 2.43. The van der Waals surface area contributed by atoms with Gasteiger partial charge in [-0.15, -0.1) is 10.2 Å². The molecule has 2 aromatic carbocycles. The van der Waals surface area contributed by atoms with Gasteiger partial charge in [0.05, 0.1) is 17.1 Å². The summed E-state index contributed by atoms with van der Waals surface area (Å²) in [5, 5.41) is 12.3. The maximum atomic E-state index is 12.9. The molecule has 4 aromatic rings. The predicted molar refractivity (Wildman–Crippen MR) is 103 cm³/mol. The molecule has 8 nitrogen and oxygen atoms in total. The van der Waals surface area contributed by atoms with Gasteiger partial charge in [-0.05, 0) is 29.7 Å². The maximum Gasteiger partial charge on any atom is 0.265 e. The van der Waals surface area contributed by atoms with Gasteiger partial charge in [-0.25, -0.2) is 8.42 Å². The number of amides is 1. The number of sulfonamides is 1. The smallest absolute Gasteiger partial charge is 0.265 e. The first-order chi connectivity index (χ1) is 13.6. The number of benzene rings is 2. The molecule has 0 unspecified atom stereocenters. The molecule has 5 rings (SSSR count). The highest BCUT2D eigenvalue weighted by Gasteiger charge is 2.36. The standard InChI is InChI=1S/C19H15N5O3S/c25-18(20-11-17-22-21-16-9-1-2-10-23(16)17)12-24-14-7-3-5-13-6-4-8-15(19(13)14)28(24,26)27/h1-10H,11-12H2,(H,20,25). The van der Waals surface area contributed by atoms with Crippen LogP contribution >= 0.6 is 0 Å². The summed E-state index contributed by atoms with van der Waals surface area (Å²) < 4.78 is 28.8. The Labute approximate surface area is 160 Å². The molecule has 1 aliphatic rings. The van der Waals surface area contributed by atoms with Crippen molar-refractivity contribution in [1.29, 1.82) is 0 Å². The number of carbonyl (C=O) groups excluding carboxylic acids is 1. The molecule has 0 saturated carbocycles. The zero-order valence-corrected chi connectivity index (χ0v) is 15.4. The molecule has 28 heavy (non-hydrogen) atoms. The van der Waals surface area contributed by atoms with Gasteiger partial charge in [0.25, 0.3) is 10.0 Å². The third-order valence-electron chi connectivity index (χ3n) is 4.80. The summed E-state index contributed by atoms with van der Waals surface area (Å²) >= 11 is 0. The fraction of sp³-hybridized carbons (Fsp3) is 0.105. The summed E-state index contributed by atoms with van der Waals surface area (Å²) in [5.41, 5.74) is 1.20. The van der Waals surface area contributed by atoms with Crippen LogP contribution in [0.2, 0.25) is 0 Å². The van der Waals surface area contributed by atoms with Gasteiger partial charge in [0.15, 0.2) is 11.5 Å². The van der Waals surface area contributed by atoms with Crippen molar-refractivity contribution >= 4 is 38.0 Å². The molecule has 0 aliphatic carbocycles. The first-order valence-electron chi connectivity index (χ1n) is 8.65. The van der Waals surface area contributed by atoms with Crippen molar-refractivity contribution in [3.63, 3.8) is 0 Å². The number of hydrogen-bond donors (Lipinski definition) is 1. The Hall–Kier alpha value is -3.46. The van der Waals surface area contributed by atoms with Gasteiger partial charge >= 0.3 is 0 Å². The fourth-order valence-electron chi connectivity index (χ4n) is 3.50. The van der Waals surface area contributed by atoms with Crippen LogP contribution in [-0.4, -0.2) is 35.5 Å². The Kier molecular flexibility index (Phi) is 3.59. The number of aromatic nitrogens is 3. The van der Waals surface area contributed by atoms with Crippen LogP contribution in [0.15, 0.2) is 65.7 Å². The van der Waals surface area contributed by atoms with Crippen LogP contribution in [0.25, 0.3) is 16.4 Å². The van der Waals surface area contributed by atoms with E-state index in [0.717, 1.165) is 9.69 Å². The largest absolute Gasteiger partial charge is 0.347 e. The first-order valence-corrected chi connectivity index (χ1v) is 10.1. The number of nitrogens with zero attached hydrogens (tertiary/aromatic N) is 4. The number of fused-ring (bicyclic) bond motifs is 1. The lowest BCUT2D eigenvalue weighted by Gasteiger charge is -2.18.